The summed E-state index contributed by atoms with van der Waals surface area (Å²) in [5.74, 6) is -1.72. The summed E-state index contributed by atoms with van der Waals surface area (Å²) < 4.78 is 0. The normalized spacial score (nSPS) is 17.0. The van der Waals surface area contributed by atoms with Gasteiger partial charge in [0.2, 0.25) is 5.91 Å². The van der Waals surface area contributed by atoms with E-state index in [0.717, 1.165) is 25.7 Å². The Kier molecular flexibility index (Phi) is 6.98. The summed E-state index contributed by atoms with van der Waals surface area (Å²) in [6.45, 7) is 2.42. The number of nitrogens with zero attached hydrogens (tertiary/aromatic N) is 1. The fourth-order valence-electron chi connectivity index (χ4n) is 2.74. The van der Waals surface area contributed by atoms with Crippen LogP contribution in [0.1, 0.15) is 51.9 Å². The lowest BCUT2D eigenvalue weighted by molar-refractivity contribution is -0.139. The molecule has 4 N–H and O–H groups in total. The summed E-state index contributed by atoms with van der Waals surface area (Å²) in [6.07, 6.45) is 5.25. The molecule has 0 heterocycles. The smallest absolute Gasteiger partial charge is 0.326 e. The van der Waals surface area contributed by atoms with E-state index < -0.39 is 17.9 Å². The van der Waals surface area contributed by atoms with Crippen molar-refractivity contribution in [1.29, 1.82) is 0 Å². The summed E-state index contributed by atoms with van der Waals surface area (Å²) in [6, 6.07) is -1.28. The minimum Gasteiger partial charge on any atom is -0.480 e. The van der Waals surface area contributed by atoms with Gasteiger partial charge in [-0.1, -0.05) is 19.3 Å². The van der Waals surface area contributed by atoms with Gasteiger partial charge in [0.15, 0.2) is 0 Å². The van der Waals surface area contributed by atoms with Crippen LogP contribution in [0, 0.1) is 0 Å². The van der Waals surface area contributed by atoms with Gasteiger partial charge in [0.25, 0.3) is 0 Å². The fraction of sp³-hybridized carbons (Fsp3) is 0.786. The summed E-state index contributed by atoms with van der Waals surface area (Å²) in [5.41, 5.74) is 5.02. The van der Waals surface area contributed by atoms with Crippen molar-refractivity contribution in [2.24, 2.45) is 5.73 Å². The Hall–Kier alpha value is -1.79. The highest BCUT2D eigenvalue weighted by molar-refractivity contribution is 5.83. The van der Waals surface area contributed by atoms with E-state index in [1.165, 1.54) is 6.42 Å². The number of aliphatic carboxylic acids is 1. The molecule has 1 atom stereocenters. The SMILES string of the molecule is CCN(C(=O)N[C@H](CCC(N)=O)C(=O)O)C1CCCCC1. The molecule has 1 aliphatic carbocycles. The van der Waals surface area contributed by atoms with Crippen molar-refractivity contribution >= 4 is 17.9 Å². The molecule has 1 aliphatic rings. The molecule has 7 nitrogen and oxygen atoms in total. The van der Waals surface area contributed by atoms with E-state index in [9.17, 15) is 14.4 Å². The molecule has 0 saturated heterocycles. The third-order valence-corrected chi connectivity index (χ3v) is 3.89. The number of carbonyl (C=O) groups excluding carboxylic acids is 2. The van der Waals surface area contributed by atoms with Gasteiger partial charge in [0.05, 0.1) is 0 Å². The molecule has 1 fully saturated rings. The molecule has 1 saturated carbocycles. The van der Waals surface area contributed by atoms with Crippen molar-refractivity contribution < 1.29 is 19.5 Å². The predicted molar refractivity (Wildman–Crippen MR) is 77.6 cm³/mol. The van der Waals surface area contributed by atoms with Crippen LogP contribution in [-0.4, -0.2) is 46.5 Å². The van der Waals surface area contributed by atoms with Crippen LogP contribution in [0.25, 0.3) is 0 Å². The molecule has 21 heavy (non-hydrogen) atoms. The number of nitrogens with two attached hydrogens (primary N) is 1. The minimum absolute atomic E-state index is 0.0125. The molecule has 0 bridgehead atoms. The summed E-state index contributed by atoms with van der Waals surface area (Å²) in [7, 11) is 0. The molecule has 0 unspecified atom stereocenters. The van der Waals surface area contributed by atoms with E-state index in [1.54, 1.807) is 4.90 Å². The van der Waals surface area contributed by atoms with E-state index in [0.29, 0.717) is 6.54 Å². The van der Waals surface area contributed by atoms with Crippen molar-refractivity contribution in [3.63, 3.8) is 0 Å². The first-order valence-corrected chi connectivity index (χ1v) is 7.54. The number of carboxylic acids is 1. The van der Waals surface area contributed by atoms with Crippen LogP contribution in [0.15, 0.2) is 0 Å². The number of hydrogen-bond acceptors (Lipinski definition) is 3. The van der Waals surface area contributed by atoms with Crippen molar-refractivity contribution in [2.45, 2.75) is 64.0 Å². The van der Waals surface area contributed by atoms with E-state index in [1.807, 2.05) is 6.92 Å². The first-order valence-electron chi connectivity index (χ1n) is 7.54. The van der Waals surface area contributed by atoms with Crippen molar-refractivity contribution in [3.05, 3.63) is 0 Å². The molecule has 0 aromatic carbocycles. The zero-order chi connectivity index (χ0) is 15.8. The van der Waals surface area contributed by atoms with Gasteiger partial charge in [-0.15, -0.1) is 0 Å². The Morgan fingerprint density at radius 2 is 1.90 bits per heavy atom. The largest absolute Gasteiger partial charge is 0.480 e. The van der Waals surface area contributed by atoms with Crippen LogP contribution in [0.5, 0.6) is 0 Å². The Labute approximate surface area is 124 Å². The van der Waals surface area contributed by atoms with Crippen molar-refractivity contribution in [1.82, 2.24) is 10.2 Å². The van der Waals surface area contributed by atoms with Gasteiger partial charge in [-0.05, 0) is 26.2 Å². The molecule has 0 aromatic rings. The van der Waals surface area contributed by atoms with Gasteiger partial charge in [-0.3, -0.25) is 4.79 Å². The molecule has 120 valence electrons. The zero-order valence-electron chi connectivity index (χ0n) is 12.5. The number of carboxylic acid groups (broad SMARTS) is 1. The quantitative estimate of drug-likeness (QED) is 0.652. The molecular formula is C14H25N3O4. The summed E-state index contributed by atoms with van der Waals surface area (Å²) in [5, 5.41) is 11.6. The van der Waals surface area contributed by atoms with E-state index in [-0.39, 0.29) is 24.9 Å². The highest BCUT2D eigenvalue weighted by atomic mass is 16.4. The first kappa shape index (κ1) is 17.3. The topological polar surface area (TPSA) is 113 Å². The fourth-order valence-corrected chi connectivity index (χ4v) is 2.74. The molecule has 0 aromatic heterocycles. The second kappa shape index (κ2) is 8.49. The molecule has 0 aliphatic heterocycles. The van der Waals surface area contributed by atoms with Crippen LogP contribution in [0.4, 0.5) is 4.79 Å². The summed E-state index contributed by atoms with van der Waals surface area (Å²) >= 11 is 0. The monoisotopic (exact) mass is 299 g/mol. The Balaban J connectivity index is 2.60. The predicted octanol–water partition coefficient (Wildman–Crippen LogP) is 1.07. The molecule has 7 heteroatoms. The average Bonchev–Trinajstić information content (AvgIpc) is 2.44. The van der Waals surface area contributed by atoms with Crippen LogP contribution in [0.2, 0.25) is 0 Å². The maximum atomic E-state index is 12.3. The van der Waals surface area contributed by atoms with Crippen molar-refractivity contribution in [2.75, 3.05) is 6.54 Å². The van der Waals surface area contributed by atoms with Gasteiger partial charge >= 0.3 is 12.0 Å². The lowest BCUT2D eigenvalue weighted by atomic mass is 9.94. The molecule has 0 spiro atoms. The number of nitrogens with one attached hydrogen (secondary N) is 1. The molecule has 0 radical (unpaired) electrons. The highest BCUT2D eigenvalue weighted by Gasteiger charge is 2.27. The van der Waals surface area contributed by atoms with Gasteiger partial charge in [-0.25, -0.2) is 9.59 Å². The molecule has 3 amide bonds. The Morgan fingerprint density at radius 1 is 1.29 bits per heavy atom. The van der Waals surface area contributed by atoms with Crippen LogP contribution >= 0.6 is 0 Å². The van der Waals surface area contributed by atoms with Gasteiger partial charge in [-0.2, -0.15) is 0 Å². The van der Waals surface area contributed by atoms with Gasteiger partial charge in [0.1, 0.15) is 6.04 Å². The van der Waals surface area contributed by atoms with Gasteiger partial charge in [0, 0.05) is 19.0 Å². The van der Waals surface area contributed by atoms with E-state index >= 15 is 0 Å². The van der Waals surface area contributed by atoms with E-state index in [2.05, 4.69) is 5.32 Å². The second-order valence-electron chi connectivity index (χ2n) is 5.42. The van der Waals surface area contributed by atoms with Crippen LogP contribution in [0.3, 0.4) is 0 Å². The van der Waals surface area contributed by atoms with Crippen LogP contribution in [-0.2, 0) is 9.59 Å². The van der Waals surface area contributed by atoms with E-state index in [4.69, 9.17) is 10.8 Å². The number of rotatable bonds is 7. The Morgan fingerprint density at radius 3 is 2.38 bits per heavy atom. The second-order valence-corrected chi connectivity index (χ2v) is 5.42. The number of carbonyl (C=O) groups is 3. The molecular weight excluding hydrogens is 274 g/mol. The van der Waals surface area contributed by atoms with Crippen molar-refractivity contribution in [3.8, 4) is 0 Å². The average molecular weight is 299 g/mol. The highest BCUT2D eigenvalue weighted by Crippen LogP contribution is 2.22. The molecule has 1 rings (SSSR count). The summed E-state index contributed by atoms with van der Waals surface area (Å²) in [4.78, 5) is 35.9. The van der Waals surface area contributed by atoms with Gasteiger partial charge < -0.3 is 21.1 Å². The zero-order valence-corrected chi connectivity index (χ0v) is 12.5. The minimum atomic E-state index is -1.15. The van der Waals surface area contributed by atoms with Crippen LogP contribution < -0.4 is 11.1 Å². The Bertz CT molecular complexity index is 380. The lowest BCUT2D eigenvalue weighted by Crippen LogP contribution is -2.51. The standard InChI is InChI=1S/C14H25N3O4/c1-2-17(10-6-4-3-5-7-10)14(21)16-11(13(19)20)8-9-12(15)18/h10-11H,2-9H2,1H3,(H2,15,18)(H,16,21)(H,19,20)/t11-/m1/s1. The first-order chi connectivity index (χ1) is 9.95. The maximum Gasteiger partial charge on any atom is 0.326 e. The number of amides is 3. The third-order valence-electron chi connectivity index (χ3n) is 3.89. The number of urea groups is 1. The third kappa shape index (κ3) is 5.61. The number of hydrogen-bond donors (Lipinski definition) is 3. The maximum absolute atomic E-state index is 12.3. The lowest BCUT2D eigenvalue weighted by Gasteiger charge is -2.34. The number of primary amides is 1.